The second-order valence-corrected chi connectivity index (χ2v) is 10.2. The molecule has 39 heavy (non-hydrogen) atoms. The Labute approximate surface area is 221 Å². The Balaban J connectivity index is 1.53. The van der Waals surface area contributed by atoms with Gasteiger partial charge in [-0.05, 0) is 24.1 Å². The monoisotopic (exact) mass is 532 g/mol. The van der Waals surface area contributed by atoms with E-state index in [9.17, 15) is 33.9 Å². The zero-order valence-electron chi connectivity index (χ0n) is 21.0. The highest BCUT2D eigenvalue weighted by molar-refractivity contribution is 6.17. The number of carbonyl (C=O) groups is 6. The number of hydrogen-bond acceptors (Lipinski definition) is 9. The fourth-order valence-electron chi connectivity index (χ4n) is 7.00. The maximum atomic E-state index is 13.6. The number of imide groups is 6. The minimum absolute atomic E-state index is 0.00854. The molecule has 2 aliphatic heterocycles. The minimum atomic E-state index is -1.11. The molecule has 6 rings (SSSR count). The summed E-state index contributed by atoms with van der Waals surface area (Å²) in [6, 6.07) is 10.6. The van der Waals surface area contributed by atoms with Crippen LogP contribution in [0, 0.1) is 29.6 Å². The molecule has 200 valence electrons. The third-order valence-electron chi connectivity index (χ3n) is 8.63. The van der Waals surface area contributed by atoms with E-state index in [-0.39, 0.29) is 18.6 Å². The molecule has 11 heteroatoms. The van der Waals surface area contributed by atoms with Gasteiger partial charge in [0, 0.05) is 16.9 Å². The summed E-state index contributed by atoms with van der Waals surface area (Å²) in [5.74, 6) is -8.39. The highest BCUT2D eigenvalue weighted by atomic mass is 16.5. The number of likely N-dealkylation sites (tertiary alicyclic amines) is 2. The van der Waals surface area contributed by atoms with Crippen LogP contribution in [0.3, 0.4) is 0 Å². The predicted molar refractivity (Wildman–Crippen MR) is 132 cm³/mol. The average Bonchev–Trinajstić information content (AvgIpc) is 3.35. The molecule has 4 aliphatic rings. The lowest BCUT2D eigenvalue weighted by Gasteiger charge is -2.44. The first-order valence-electron chi connectivity index (χ1n) is 12.5. The highest BCUT2D eigenvalue weighted by Gasteiger charge is 2.64. The van der Waals surface area contributed by atoms with Gasteiger partial charge in [-0.2, -0.15) is 9.80 Å². The van der Waals surface area contributed by atoms with Crippen LogP contribution in [0.4, 0.5) is 9.59 Å². The quantitative estimate of drug-likeness (QED) is 0.432. The normalized spacial score (nSPS) is 29.6. The zero-order valence-corrected chi connectivity index (χ0v) is 21.0. The van der Waals surface area contributed by atoms with Crippen molar-refractivity contribution >= 4 is 46.6 Å². The van der Waals surface area contributed by atoms with Crippen LogP contribution in [0.1, 0.15) is 24.3 Å². The number of carbonyl (C=O) groups excluding carboxylic acids is 6. The van der Waals surface area contributed by atoms with Crippen molar-refractivity contribution in [1.82, 2.24) is 9.80 Å². The summed E-state index contributed by atoms with van der Waals surface area (Å²) in [4.78, 5) is 79.3. The number of fused-ring (bicyclic) bond motifs is 5. The second kappa shape index (κ2) is 8.75. The number of allylic oxidation sites excluding steroid dienone is 2. The Morgan fingerprint density at radius 2 is 1.41 bits per heavy atom. The summed E-state index contributed by atoms with van der Waals surface area (Å²) in [7, 11) is 2.14. The van der Waals surface area contributed by atoms with E-state index in [1.807, 2.05) is 12.1 Å². The Hall–Kier alpha value is -4.54. The number of aromatic hydroxyl groups is 1. The van der Waals surface area contributed by atoms with Crippen LogP contribution in [0.15, 0.2) is 48.0 Å². The molecule has 2 aromatic carbocycles. The van der Waals surface area contributed by atoms with E-state index < -0.39 is 71.3 Å². The lowest BCUT2D eigenvalue weighted by Crippen LogP contribution is -2.43. The molecular weight excluding hydrogens is 508 g/mol. The van der Waals surface area contributed by atoms with Crippen LogP contribution < -0.4 is 0 Å². The summed E-state index contributed by atoms with van der Waals surface area (Å²) in [5.41, 5.74) is 0.983. The van der Waals surface area contributed by atoms with Crippen molar-refractivity contribution in [1.29, 1.82) is 0 Å². The van der Waals surface area contributed by atoms with E-state index in [2.05, 4.69) is 4.74 Å². The fourth-order valence-corrected chi connectivity index (χ4v) is 7.00. The molecular formula is C28H24N2O9. The molecule has 2 heterocycles. The molecule has 2 aliphatic carbocycles. The van der Waals surface area contributed by atoms with Gasteiger partial charge in [-0.25, -0.2) is 9.59 Å². The summed E-state index contributed by atoms with van der Waals surface area (Å²) < 4.78 is 9.36. The van der Waals surface area contributed by atoms with E-state index in [1.165, 1.54) is 0 Å². The smallest absolute Gasteiger partial charge is 0.423 e. The number of phenolic OH excluding ortho intramolecular Hbond substituents is 1. The molecule has 1 saturated carbocycles. The van der Waals surface area contributed by atoms with E-state index in [1.54, 1.807) is 30.3 Å². The molecule has 11 nitrogen and oxygen atoms in total. The predicted octanol–water partition coefficient (Wildman–Crippen LogP) is 2.71. The number of methoxy groups -OCH3 is 2. The molecule has 0 radical (unpaired) electrons. The number of phenols is 1. The molecule has 2 aromatic rings. The number of hydrogen-bond donors (Lipinski definition) is 1. The first-order chi connectivity index (χ1) is 18.7. The topological polar surface area (TPSA) is 148 Å². The first-order valence-corrected chi connectivity index (χ1v) is 12.5. The van der Waals surface area contributed by atoms with Crippen molar-refractivity contribution in [2.75, 3.05) is 14.2 Å². The van der Waals surface area contributed by atoms with Crippen LogP contribution in [-0.2, 0) is 28.7 Å². The molecule has 0 spiro atoms. The van der Waals surface area contributed by atoms with Gasteiger partial charge in [0.25, 0.3) is 0 Å². The van der Waals surface area contributed by atoms with Gasteiger partial charge in [0.05, 0.1) is 37.9 Å². The maximum absolute atomic E-state index is 13.6. The standard InChI is InChI=1S/C28H24N2O9/c1-38-27(36)29-23(32)16-10-9-14-17(20(16)25(29)34)11-18-21(26(35)30(24(18)33)28(37)39-2)19(14)15-8-7-12-5-3-4-6-13(12)22(15)31/h3-9,16-21,31H,10-11H2,1-2H3/t16-,17+,18+,19+,20-,21+/m0/s1. The van der Waals surface area contributed by atoms with Gasteiger partial charge in [-0.15, -0.1) is 0 Å². The number of amides is 6. The third kappa shape index (κ3) is 3.28. The summed E-state index contributed by atoms with van der Waals surface area (Å²) in [5, 5.41) is 12.7. The van der Waals surface area contributed by atoms with Crippen molar-refractivity contribution in [2.45, 2.75) is 18.8 Å². The Bertz CT molecular complexity index is 1530. The molecule has 6 atom stereocenters. The maximum Gasteiger partial charge on any atom is 0.423 e. The molecule has 6 amide bonds. The van der Waals surface area contributed by atoms with Gasteiger partial charge in [0.15, 0.2) is 0 Å². The Kier molecular flexibility index (Phi) is 5.56. The van der Waals surface area contributed by atoms with Crippen LogP contribution in [0.5, 0.6) is 5.75 Å². The first kappa shape index (κ1) is 24.8. The van der Waals surface area contributed by atoms with Crippen LogP contribution >= 0.6 is 0 Å². The van der Waals surface area contributed by atoms with Crippen molar-refractivity contribution < 1.29 is 43.3 Å². The van der Waals surface area contributed by atoms with E-state index in [4.69, 9.17) is 4.74 Å². The van der Waals surface area contributed by atoms with Gasteiger partial charge in [0.2, 0.25) is 23.6 Å². The average molecular weight is 533 g/mol. The lowest BCUT2D eigenvalue weighted by molar-refractivity contribution is -0.139. The van der Waals surface area contributed by atoms with Crippen LogP contribution in [-0.4, -0.2) is 64.9 Å². The van der Waals surface area contributed by atoms with Gasteiger partial charge in [0.1, 0.15) is 5.75 Å². The number of nitrogens with zero attached hydrogens (tertiary/aromatic N) is 2. The van der Waals surface area contributed by atoms with E-state index in [0.717, 1.165) is 19.6 Å². The zero-order chi connectivity index (χ0) is 27.7. The SMILES string of the molecule is COC(=O)N1C(=O)[C@H]2[C@H](CC=C3[C@H]2C[C@H]2C(=O)N(C(=O)OC)C(=O)[C@H]2[C@H]3c2ccc3ccccc3c2O)C1=O. The van der Waals surface area contributed by atoms with E-state index >= 15 is 0 Å². The molecule has 0 bridgehead atoms. The molecule has 0 aromatic heterocycles. The Morgan fingerprint density at radius 3 is 2.08 bits per heavy atom. The molecule has 3 fully saturated rings. The number of benzene rings is 2. The van der Waals surface area contributed by atoms with Crippen LogP contribution in [0.25, 0.3) is 10.8 Å². The highest BCUT2D eigenvalue weighted by Crippen LogP contribution is 2.59. The Morgan fingerprint density at radius 1 is 0.795 bits per heavy atom. The van der Waals surface area contributed by atoms with Gasteiger partial charge < -0.3 is 14.6 Å². The second-order valence-electron chi connectivity index (χ2n) is 10.2. The van der Waals surface area contributed by atoms with Crippen molar-refractivity contribution in [3.63, 3.8) is 0 Å². The van der Waals surface area contributed by atoms with Crippen molar-refractivity contribution in [3.8, 4) is 5.75 Å². The largest absolute Gasteiger partial charge is 0.507 e. The molecule has 2 saturated heterocycles. The van der Waals surface area contributed by atoms with Crippen LogP contribution in [0.2, 0.25) is 0 Å². The van der Waals surface area contributed by atoms with Gasteiger partial charge in [-0.3, -0.25) is 19.2 Å². The van der Waals surface area contributed by atoms with E-state index in [0.29, 0.717) is 26.3 Å². The van der Waals surface area contributed by atoms with Crippen molar-refractivity contribution in [3.05, 3.63) is 53.6 Å². The number of rotatable bonds is 1. The summed E-state index contributed by atoms with van der Waals surface area (Å²) in [6.45, 7) is 0. The van der Waals surface area contributed by atoms with Crippen molar-refractivity contribution in [2.24, 2.45) is 29.6 Å². The van der Waals surface area contributed by atoms with Gasteiger partial charge in [-0.1, -0.05) is 48.0 Å². The minimum Gasteiger partial charge on any atom is -0.507 e. The number of ether oxygens (including phenoxy) is 2. The third-order valence-corrected chi connectivity index (χ3v) is 8.63. The molecule has 1 N–H and O–H groups in total. The lowest BCUT2D eigenvalue weighted by atomic mass is 9.57. The summed E-state index contributed by atoms with van der Waals surface area (Å²) >= 11 is 0. The fraction of sp³-hybridized carbons (Fsp3) is 0.357. The summed E-state index contributed by atoms with van der Waals surface area (Å²) in [6.07, 6.45) is -0.290. The molecule has 0 unspecified atom stereocenters. The van der Waals surface area contributed by atoms with Gasteiger partial charge >= 0.3 is 12.2 Å².